The van der Waals surface area contributed by atoms with E-state index in [1.165, 1.54) is 38.5 Å². The third-order valence-corrected chi connectivity index (χ3v) is 5.49. The van der Waals surface area contributed by atoms with Crippen LogP contribution in [0.25, 0.3) is 0 Å². The molecular weight excluding hydrogens is 347 g/mol. The van der Waals surface area contributed by atoms with Crippen molar-refractivity contribution >= 4 is 10.8 Å². The van der Waals surface area contributed by atoms with Crippen molar-refractivity contribution in [1.82, 2.24) is 0 Å². The molecule has 0 bridgehead atoms. The summed E-state index contributed by atoms with van der Waals surface area (Å²) in [6.45, 7) is 2.19. The van der Waals surface area contributed by atoms with Crippen LogP contribution in [-0.4, -0.2) is 27.8 Å². The van der Waals surface area contributed by atoms with E-state index in [-0.39, 0.29) is 12.2 Å². The Labute approximate surface area is 145 Å². The lowest BCUT2D eigenvalue weighted by Crippen LogP contribution is -2.36. The van der Waals surface area contributed by atoms with Crippen LogP contribution in [0.3, 0.4) is 0 Å². The average molecular weight is 378 g/mol. The van der Waals surface area contributed by atoms with Crippen LogP contribution in [-0.2, 0) is 10.8 Å². The van der Waals surface area contributed by atoms with Crippen LogP contribution < -0.4 is 0 Å². The molecule has 0 saturated carbocycles. The molecule has 0 radical (unpaired) electrons. The topological polar surface area (TPSA) is 17.1 Å². The molecule has 0 aromatic heterocycles. The molecule has 0 heterocycles. The third-order valence-electron chi connectivity index (χ3n) is 4.00. The van der Waals surface area contributed by atoms with Crippen molar-refractivity contribution in [3.8, 4) is 0 Å². The zero-order valence-corrected chi connectivity index (χ0v) is 15.4. The standard InChI is InChI=1S/C17H31F5OS/c1-2-3-4-5-6-7-8-9-10-11-14-24(23)15-12-13-16(18,19)17(20,21)22/h2-15H2,1H3. The summed E-state index contributed by atoms with van der Waals surface area (Å²) in [7, 11) is -1.29. The van der Waals surface area contributed by atoms with E-state index < -0.39 is 29.3 Å². The zero-order chi connectivity index (χ0) is 18.5. The van der Waals surface area contributed by atoms with E-state index >= 15 is 0 Å². The van der Waals surface area contributed by atoms with Gasteiger partial charge < -0.3 is 0 Å². The van der Waals surface area contributed by atoms with Gasteiger partial charge in [-0.3, -0.25) is 4.21 Å². The minimum absolute atomic E-state index is 0.0803. The van der Waals surface area contributed by atoms with Crippen molar-refractivity contribution in [2.75, 3.05) is 11.5 Å². The Morgan fingerprint density at radius 2 is 1.08 bits per heavy atom. The van der Waals surface area contributed by atoms with Gasteiger partial charge in [0.05, 0.1) is 0 Å². The first-order valence-electron chi connectivity index (χ1n) is 9.00. The minimum Gasteiger partial charge on any atom is -0.260 e. The predicted molar refractivity (Wildman–Crippen MR) is 90.0 cm³/mol. The highest BCUT2D eigenvalue weighted by Gasteiger charge is 2.56. The average Bonchev–Trinajstić information content (AvgIpc) is 2.48. The van der Waals surface area contributed by atoms with Crippen LogP contribution in [0.4, 0.5) is 22.0 Å². The van der Waals surface area contributed by atoms with Crippen LogP contribution in [0, 0.1) is 0 Å². The smallest absolute Gasteiger partial charge is 0.260 e. The second kappa shape index (κ2) is 13.1. The van der Waals surface area contributed by atoms with Crippen LogP contribution >= 0.6 is 0 Å². The fraction of sp³-hybridized carbons (Fsp3) is 1.00. The van der Waals surface area contributed by atoms with Gasteiger partial charge in [-0.05, 0) is 12.8 Å². The maximum atomic E-state index is 12.7. The van der Waals surface area contributed by atoms with Crippen molar-refractivity contribution in [3.63, 3.8) is 0 Å². The molecule has 146 valence electrons. The normalized spacial score (nSPS) is 14.1. The van der Waals surface area contributed by atoms with Crippen LogP contribution in [0.1, 0.15) is 84.0 Å². The molecule has 0 rings (SSSR count). The number of unbranched alkanes of at least 4 members (excludes halogenated alkanes) is 9. The molecule has 1 nitrogen and oxygen atoms in total. The Bertz CT molecular complexity index is 331. The van der Waals surface area contributed by atoms with E-state index in [1.54, 1.807) is 0 Å². The van der Waals surface area contributed by atoms with Crippen LogP contribution in [0.15, 0.2) is 0 Å². The molecule has 0 aromatic rings. The van der Waals surface area contributed by atoms with E-state index in [4.69, 9.17) is 0 Å². The molecular formula is C17H31F5OS. The highest BCUT2D eigenvalue weighted by atomic mass is 32.2. The predicted octanol–water partition coefficient (Wildman–Crippen LogP) is 6.63. The number of rotatable bonds is 15. The van der Waals surface area contributed by atoms with E-state index in [0.717, 1.165) is 25.7 Å². The molecule has 0 aliphatic rings. The summed E-state index contributed by atoms with van der Waals surface area (Å²) in [5, 5.41) is 0. The lowest BCUT2D eigenvalue weighted by molar-refractivity contribution is -0.284. The number of hydrogen-bond acceptors (Lipinski definition) is 1. The van der Waals surface area contributed by atoms with Gasteiger partial charge in [0, 0.05) is 28.7 Å². The summed E-state index contributed by atoms with van der Waals surface area (Å²) in [4.78, 5) is 0. The van der Waals surface area contributed by atoms with Gasteiger partial charge in [0.15, 0.2) is 0 Å². The second-order valence-electron chi connectivity index (χ2n) is 6.34. The van der Waals surface area contributed by atoms with Gasteiger partial charge >= 0.3 is 12.1 Å². The molecule has 0 aliphatic heterocycles. The van der Waals surface area contributed by atoms with E-state index in [2.05, 4.69) is 6.92 Å². The maximum absolute atomic E-state index is 12.7. The number of hydrogen-bond donors (Lipinski definition) is 0. The molecule has 1 unspecified atom stereocenters. The number of halogens is 5. The van der Waals surface area contributed by atoms with Crippen molar-refractivity contribution in [2.45, 2.75) is 96.1 Å². The SMILES string of the molecule is CCCCCCCCCCCCS(=O)CCCC(F)(F)C(F)(F)F. The van der Waals surface area contributed by atoms with Crippen LogP contribution in [0.5, 0.6) is 0 Å². The second-order valence-corrected chi connectivity index (χ2v) is 8.03. The first kappa shape index (κ1) is 23.8. The van der Waals surface area contributed by atoms with Gasteiger partial charge in [-0.2, -0.15) is 22.0 Å². The third kappa shape index (κ3) is 12.2. The fourth-order valence-corrected chi connectivity index (χ4v) is 3.65. The highest BCUT2D eigenvalue weighted by Crippen LogP contribution is 2.38. The molecule has 0 saturated heterocycles. The lowest BCUT2D eigenvalue weighted by atomic mass is 10.1. The summed E-state index contributed by atoms with van der Waals surface area (Å²) < 4.78 is 72.9. The molecule has 0 aliphatic carbocycles. The van der Waals surface area contributed by atoms with Gasteiger partial charge in [-0.15, -0.1) is 0 Å². The quantitative estimate of drug-likeness (QED) is 0.231. The number of alkyl halides is 5. The summed E-state index contributed by atoms with van der Waals surface area (Å²) in [5.74, 6) is -4.36. The van der Waals surface area contributed by atoms with Crippen molar-refractivity contribution in [1.29, 1.82) is 0 Å². The Morgan fingerprint density at radius 1 is 0.667 bits per heavy atom. The van der Waals surface area contributed by atoms with E-state index in [9.17, 15) is 26.2 Å². The van der Waals surface area contributed by atoms with E-state index in [0.29, 0.717) is 5.75 Å². The van der Waals surface area contributed by atoms with Gasteiger partial charge in [0.1, 0.15) is 0 Å². The summed E-state index contributed by atoms with van der Waals surface area (Å²) >= 11 is 0. The van der Waals surface area contributed by atoms with Gasteiger partial charge in [0.25, 0.3) is 0 Å². The summed E-state index contributed by atoms with van der Waals surface area (Å²) in [6.07, 6.45) is 4.32. The van der Waals surface area contributed by atoms with Crippen molar-refractivity contribution in [3.05, 3.63) is 0 Å². The summed E-state index contributed by atoms with van der Waals surface area (Å²) in [6, 6.07) is 0. The molecule has 7 heteroatoms. The van der Waals surface area contributed by atoms with Gasteiger partial charge in [-0.25, -0.2) is 0 Å². The Kier molecular flexibility index (Phi) is 13.0. The largest absolute Gasteiger partial charge is 0.453 e. The zero-order valence-electron chi connectivity index (χ0n) is 14.6. The maximum Gasteiger partial charge on any atom is 0.453 e. The van der Waals surface area contributed by atoms with Crippen molar-refractivity contribution in [2.24, 2.45) is 0 Å². The first-order valence-corrected chi connectivity index (χ1v) is 10.5. The molecule has 0 N–H and O–H groups in total. The van der Waals surface area contributed by atoms with Gasteiger partial charge in [0.2, 0.25) is 0 Å². The summed E-state index contributed by atoms with van der Waals surface area (Å²) in [5.41, 5.74) is 0. The molecule has 24 heavy (non-hydrogen) atoms. The van der Waals surface area contributed by atoms with Crippen molar-refractivity contribution < 1.29 is 26.2 Å². The first-order chi connectivity index (χ1) is 11.2. The molecule has 1 atom stereocenters. The van der Waals surface area contributed by atoms with E-state index in [1.807, 2.05) is 0 Å². The molecule has 0 amide bonds. The van der Waals surface area contributed by atoms with Gasteiger partial charge in [-0.1, -0.05) is 64.7 Å². The highest BCUT2D eigenvalue weighted by molar-refractivity contribution is 7.84. The monoisotopic (exact) mass is 378 g/mol. The molecule has 0 spiro atoms. The Morgan fingerprint density at radius 3 is 1.54 bits per heavy atom. The lowest BCUT2D eigenvalue weighted by Gasteiger charge is -2.19. The Hall–Kier alpha value is -0.200. The molecule has 0 aromatic carbocycles. The minimum atomic E-state index is -5.51. The molecule has 0 fully saturated rings. The fourth-order valence-electron chi connectivity index (χ4n) is 2.45. The van der Waals surface area contributed by atoms with Crippen LogP contribution in [0.2, 0.25) is 0 Å². The Balaban J connectivity index is 3.48.